The Labute approximate surface area is 141 Å². The van der Waals surface area contributed by atoms with E-state index in [1.165, 1.54) is 0 Å². The molecule has 0 aliphatic rings. The van der Waals surface area contributed by atoms with Gasteiger partial charge < -0.3 is 5.73 Å². The lowest BCUT2D eigenvalue weighted by atomic mass is 10.0. The molecule has 2 N–H and O–H groups in total. The summed E-state index contributed by atoms with van der Waals surface area (Å²) in [5.74, 6) is 0.497. The van der Waals surface area contributed by atoms with E-state index in [9.17, 15) is 0 Å². The highest BCUT2D eigenvalue weighted by Crippen LogP contribution is 2.24. The summed E-state index contributed by atoms with van der Waals surface area (Å²) < 4.78 is 0. The zero-order chi connectivity index (χ0) is 16.9. The van der Waals surface area contributed by atoms with Crippen LogP contribution in [-0.2, 0) is 0 Å². The Morgan fingerprint density at radius 1 is 1.04 bits per heavy atom. The summed E-state index contributed by atoms with van der Waals surface area (Å²) in [5, 5.41) is 1.08. The van der Waals surface area contributed by atoms with Crippen LogP contribution in [0.3, 0.4) is 0 Å². The number of nitrogens with zero attached hydrogens (tertiary/aromatic N) is 2. The van der Waals surface area contributed by atoms with E-state index in [0.717, 1.165) is 33.3 Å². The third kappa shape index (κ3) is 3.41. The second kappa shape index (κ2) is 6.92. The normalized spacial score (nSPS) is 12.4. The Kier molecular flexibility index (Phi) is 4.52. The van der Waals surface area contributed by atoms with Gasteiger partial charge in [0.25, 0.3) is 0 Å². The van der Waals surface area contributed by atoms with E-state index in [1.807, 2.05) is 73.7 Å². The van der Waals surface area contributed by atoms with Gasteiger partial charge in [-0.05, 0) is 36.3 Å². The maximum Gasteiger partial charge on any atom is 0.130 e. The van der Waals surface area contributed by atoms with Gasteiger partial charge in [0.2, 0.25) is 0 Å². The fourth-order valence-corrected chi connectivity index (χ4v) is 2.60. The van der Waals surface area contributed by atoms with Crippen LogP contribution in [0.25, 0.3) is 16.5 Å². The molecule has 0 radical (unpaired) electrons. The van der Waals surface area contributed by atoms with Crippen molar-refractivity contribution < 1.29 is 0 Å². The molecule has 3 nitrogen and oxygen atoms in total. The number of aliphatic imine (C=N–C) groups is 1. The highest BCUT2D eigenvalue weighted by atomic mass is 14.9. The minimum Gasteiger partial charge on any atom is -0.383 e. The van der Waals surface area contributed by atoms with E-state index in [2.05, 4.69) is 16.6 Å². The second-order valence-electron chi connectivity index (χ2n) is 5.55. The third-order valence-corrected chi connectivity index (χ3v) is 3.74. The largest absolute Gasteiger partial charge is 0.383 e. The lowest BCUT2D eigenvalue weighted by Crippen LogP contribution is -2.12. The molecule has 1 aromatic heterocycles. The molecule has 0 amide bonds. The smallest absolute Gasteiger partial charge is 0.130 e. The van der Waals surface area contributed by atoms with Gasteiger partial charge in [0.05, 0.1) is 5.52 Å². The quantitative estimate of drug-likeness (QED) is 0.436. The molecule has 0 saturated carbocycles. The first-order valence-corrected chi connectivity index (χ1v) is 7.76. The van der Waals surface area contributed by atoms with Crippen molar-refractivity contribution in [3.05, 3.63) is 96.3 Å². The topological polar surface area (TPSA) is 51.3 Å². The summed E-state index contributed by atoms with van der Waals surface area (Å²) >= 11 is 0. The number of fused-ring (bicyclic) bond motifs is 1. The summed E-state index contributed by atoms with van der Waals surface area (Å²) in [6, 6.07) is 19.7. The van der Waals surface area contributed by atoms with Crippen LogP contribution in [0.4, 0.5) is 0 Å². The first-order chi connectivity index (χ1) is 11.6. The number of aromatic nitrogens is 1. The number of para-hydroxylation sites is 1. The lowest BCUT2D eigenvalue weighted by Gasteiger charge is -2.07. The molecule has 3 aromatic rings. The highest BCUT2D eigenvalue weighted by molar-refractivity contribution is 5.98. The molecule has 3 heteroatoms. The van der Waals surface area contributed by atoms with Crippen LogP contribution in [0.5, 0.6) is 0 Å². The van der Waals surface area contributed by atoms with Crippen molar-refractivity contribution in [1.29, 1.82) is 0 Å². The molecule has 2 aromatic carbocycles. The average Bonchev–Trinajstić information content (AvgIpc) is 2.61. The maximum atomic E-state index is 6.07. The summed E-state index contributed by atoms with van der Waals surface area (Å²) in [6.07, 6.45) is 3.74. The first-order valence-electron chi connectivity index (χ1n) is 7.76. The van der Waals surface area contributed by atoms with Gasteiger partial charge in [0.1, 0.15) is 5.84 Å². The summed E-state index contributed by atoms with van der Waals surface area (Å²) in [7, 11) is 0. The monoisotopic (exact) mass is 313 g/mol. The van der Waals surface area contributed by atoms with Crippen LogP contribution in [0, 0.1) is 0 Å². The van der Waals surface area contributed by atoms with Gasteiger partial charge in [-0.25, -0.2) is 4.99 Å². The predicted octanol–water partition coefficient (Wildman–Crippen LogP) is 4.56. The molecular formula is C21H19N3. The standard InChI is InChI=1S/C21H19N3/c1-15(18-12-13-23-20-11-7-6-10-19(18)20)14-16(2)24-21(22)17-8-4-3-5-9-17/h3-14H,1H2,2H3,(H2,22,24)/b16-14-. The van der Waals surface area contributed by atoms with Crippen molar-refractivity contribution in [2.45, 2.75) is 6.92 Å². The molecule has 1 heterocycles. The Hall–Kier alpha value is -3.20. The fraction of sp³-hybridized carbons (Fsp3) is 0.0476. The van der Waals surface area contributed by atoms with Crippen LogP contribution < -0.4 is 5.73 Å². The zero-order valence-electron chi connectivity index (χ0n) is 13.6. The number of nitrogens with two attached hydrogens (primary N) is 1. The van der Waals surface area contributed by atoms with Crippen molar-refractivity contribution in [3.8, 4) is 0 Å². The van der Waals surface area contributed by atoms with Gasteiger partial charge in [-0.15, -0.1) is 0 Å². The van der Waals surface area contributed by atoms with Crippen molar-refractivity contribution in [2.24, 2.45) is 10.7 Å². The number of hydrogen-bond donors (Lipinski definition) is 1. The van der Waals surface area contributed by atoms with Gasteiger partial charge in [-0.2, -0.15) is 0 Å². The minimum absolute atomic E-state index is 0.497. The molecule has 0 saturated heterocycles. The third-order valence-electron chi connectivity index (χ3n) is 3.74. The second-order valence-corrected chi connectivity index (χ2v) is 5.55. The van der Waals surface area contributed by atoms with E-state index in [0.29, 0.717) is 5.84 Å². The van der Waals surface area contributed by atoms with Crippen LogP contribution in [0.2, 0.25) is 0 Å². The van der Waals surface area contributed by atoms with Gasteiger partial charge >= 0.3 is 0 Å². The van der Waals surface area contributed by atoms with E-state index >= 15 is 0 Å². The molecular weight excluding hydrogens is 294 g/mol. The molecule has 0 fully saturated rings. The molecule has 24 heavy (non-hydrogen) atoms. The Balaban J connectivity index is 1.91. The molecule has 0 aliphatic heterocycles. The van der Waals surface area contributed by atoms with Crippen molar-refractivity contribution in [3.63, 3.8) is 0 Å². The van der Waals surface area contributed by atoms with E-state index in [4.69, 9.17) is 5.73 Å². The summed E-state index contributed by atoms with van der Waals surface area (Å²) in [5.41, 5.74) is 10.7. The van der Waals surface area contributed by atoms with E-state index < -0.39 is 0 Å². The van der Waals surface area contributed by atoms with Crippen LogP contribution in [-0.4, -0.2) is 10.8 Å². The molecule has 118 valence electrons. The van der Waals surface area contributed by atoms with Crippen molar-refractivity contribution in [1.82, 2.24) is 4.98 Å². The first kappa shape index (κ1) is 15.7. The van der Waals surface area contributed by atoms with Crippen LogP contribution in [0.15, 0.2) is 90.2 Å². The Bertz CT molecular complexity index is 932. The predicted molar refractivity (Wildman–Crippen MR) is 102 cm³/mol. The highest BCUT2D eigenvalue weighted by Gasteiger charge is 2.04. The molecule has 0 unspecified atom stereocenters. The Morgan fingerprint density at radius 2 is 1.75 bits per heavy atom. The van der Waals surface area contributed by atoms with Gasteiger partial charge in [-0.1, -0.05) is 55.1 Å². The SMILES string of the molecule is C=C(/C=C(/C)N=C(N)c1ccccc1)c1ccnc2ccccc12. The number of rotatable bonds is 4. The fourth-order valence-electron chi connectivity index (χ4n) is 2.60. The summed E-state index contributed by atoms with van der Waals surface area (Å²) in [6.45, 7) is 6.10. The van der Waals surface area contributed by atoms with E-state index in [1.54, 1.807) is 6.20 Å². The van der Waals surface area contributed by atoms with Gasteiger partial charge in [-0.3, -0.25) is 4.98 Å². The van der Waals surface area contributed by atoms with Gasteiger partial charge in [0, 0.05) is 22.8 Å². The number of hydrogen-bond acceptors (Lipinski definition) is 2. The van der Waals surface area contributed by atoms with Crippen molar-refractivity contribution >= 4 is 22.3 Å². The Morgan fingerprint density at radius 3 is 2.54 bits per heavy atom. The number of amidine groups is 1. The zero-order valence-corrected chi connectivity index (χ0v) is 13.6. The molecule has 3 rings (SSSR count). The molecule has 0 aliphatic carbocycles. The van der Waals surface area contributed by atoms with Crippen LogP contribution >= 0.6 is 0 Å². The lowest BCUT2D eigenvalue weighted by molar-refractivity contribution is 1.29. The molecule has 0 atom stereocenters. The van der Waals surface area contributed by atoms with Crippen molar-refractivity contribution in [2.75, 3.05) is 0 Å². The number of pyridine rings is 1. The maximum absolute atomic E-state index is 6.07. The minimum atomic E-state index is 0.497. The van der Waals surface area contributed by atoms with Crippen LogP contribution in [0.1, 0.15) is 18.1 Å². The number of benzene rings is 2. The van der Waals surface area contributed by atoms with E-state index in [-0.39, 0.29) is 0 Å². The van der Waals surface area contributed by atoms with Gasteiger partial charge in [0.15, 0.2) is 0 Å². The molecule has 0 bridgehead atoms. The average molecular weight is 313 g/mol. The number of allylic oxidation sites excluding steroid dienone is 3. The molecule has 0 spiro atoms. The summed E-state index contributed by atoms with van der Waals surface area (Å²) in [4.78, 5) is 8.85.